The molecule has 1 aromatic rings. The van der Waals surface area contributed by atoms with E-state index in [-0.39, 0.29) is 13.0 Å². The summed E-state index contributed by atoms with van der Waals surface area (Å²) in [5.41, 5.74) is 5.36. The predicted octanol–water partition coefficient (Wildman–Crippen LogP) is 0.719. The summed E-state index contributed by atoms with van der Waals surface area (Å²) in [6.07, 6.45) is 0.0541. The number of ether oxygens (including phenoxy) is 1. The molecule has 2 N–H and O–H groups in total. The van der Waals surface area contributed by atoms with Crippen LogP contribution in [0, 0.1) is 0 Å². The Bertz CT molecular complexity index is 321. The summed E-state index contributed by atoms with van der Waals surface area (Å²) >= 11 is 0. The highest BCUT2D eigenvalue weighted by molar-refractivity contribution is 5.89. The fourth-order valence-corrected chi connectivity index (χ4v) is 0.902. The summed E-state index contributed by atoms with van der Waals surface area (Å²) in [4.78, 5) is 21.6. The van der Waals surface area contributed by atoms with Gasteiger partial charge in [0.2, 0.25) is 5.91 Å². The van der Waals surface area contributed by atoms with E-state index in [2.05, 4.69) is 0 Å². The third kappa shape index (κ3) is 3.26. The molecule has 0 spiro atoms. The molecule has 0 heterocycles. The summed E-state index contributed by atoms with van der Waals surface area (Å²) in [5.74, 6) is -0.919. The van der Waals surface area contributed by atoms with E-state index in [1.807, 2.05) is 0 Å². The van der Waals surface area contributed by atoms with Gasteiger partial charge < -0.3 is 10.5 Å². The number of carbonyl (C=O) groups is 2. The van der Waals surface area contributed by atoms with Crippen molar-refractivity contribution in [2.75, 3.05) is 6.61 Å². The van der Waals surface area contributed by atoms with Crippen molar-refractivity contribution in [3.8, 4) is 0 Å². The number of esters is 1. The summed E-state index contributed by atoms with van der Waals surface area (Å²) in [6, 6.07) is 8.58. The van der Waals surface area contributed by atoms with Gasteiger partial charge in [0.25, 0.3) is 0 Å². The highest BCUT2D eigenvalue weighted by Gasteiger charge is 2.05. The minimum atomic E-state index is -0.481. The second-order valence-corrected chi connectivity index (χ2v) is 2.72. The van der Waals surface area contributed by atoms with Gasteiger partial charge >= 0.3 is 5.97 Å². The molecule has 4 nitrogen and oxygen atoms in total. The van der Waals surface area contributed by atoms with E-state index >= 15 is 0 Å². The molecule has 14 heavy (non-hydrogen) atoms. The zero-order chi connectivity index (χ0) is 10.4. The van der Waals surface area contributed by atoms with E-state index in [0.717, 1.165) is 0 Å². The van der Waals surface area contributed by atoms with Gasteiger partial charge in [-0.15, -0.1) is 0 Å². The summed E-state index contributed by atoms with van der Waals surface area (Å²) < 4.78 is 4.80. The largest absolute Gasteiger partial charge is 0.462 e. The second-order valence-electron chi connectivity index (χ2n) is 2.72. The third-order valence-electron chi connectivity index (χ3n) is 1.59. The molecule has 0 bridgehead atoms. The quantitative estimate of drug-likeness (QED) is 0.716. The van der Waals surface area contributed by atoms with E-state index in [9.17, 15) is 9.59 Å². The first kappa shape index (κ1) is 10.2. The number of rotatable bonds is 4. The molecular formula is C10H11NO3. The van der Waals surface area contributed by atoms with E-state index in [4.69, 9.17) is 10.5 Å². The van der Waals surface area contributed by atoms with E-state index in [0.29, 0.717) is 5.56 Å². The molecule has 0 unspecified atom stereocenters. The fourth-order valence-electron chi connectivity index (χ4n) is 0.902. The maximum atomic E-state index is 11.3. The molecule has 0 aliphatic heterocycles. The van der Waals surface area contributed by atoms with Crippen molar-refractivity contribution in [2.45, 2.75) is 6.42 Å². The van der Waals surface area contributed by atoms with Gasteiger partial charge in [-0.1, -0.05) is 18.2 Å². The van der Waals surface area contributed by atoms with Gasteiger partial charge in [-0.2, -0.15) is 0 Å². The first-order chi connectivity index (χ1) is 6.70. The third-order valence-corrected chi connectivity index (χ3v) is 1.59. The van der Waals surface area contributed by atoms with Crippen molar-refractivity contribution in [1.29, 1.82) is 0 Å². The Kier molecular flexibility index (Phi) is 3.67. The van der Waals surface area contributed by atoms with Crippen LogP contribution in [0.1, 0.15) is 16.8 Å². The van der Waals surface area contributed by atoms with Gasteiger partial charge in [0.05, 0.1) is 12.0 Å². The standard InChI is InChI=1S/C10H11NO3/c11-9(12)6-7-14-10(13)8-4-2-1-3-5-8/h1-5H,6-7H2,(H2,11,12). The minimum Gasteiger partial charge on any atom is -0.462 e. The Hall–Kier alpha value is -1.84. The van der Waals surface area contributed by atoms with Gasteiger partial charge in [0.1, 0.15) is 6.61 Å². The van der Waals surface area contributed by atoms with Crippen LogP contribution < -0.4 is 5.73 Å². The first-order valence-corrected chi connectivity index (χ1v) is 4.20. The molecule has 1 aromatic carbocycles. The maximum Gasteiger partial charge on any atom is 0.338 e. The zero-order valence-corrected chi connectivity index (χ0v) is 7.60. The molecule has 74 valence electrons. The molecule has 1 amide bonds. The van der Waals surface area contributed by atoms with Crippen molar-refractivity contribution in [3.63, 3.8) is 0 Å². The Balaban J connectivity index is 2.40. The highest BCUT2D eigenvalue weighted by atomic mass is 16.5. The van der Waals surface area contributed by atoms with Crippen LogP contribution in [0.3, 0.4) is 0 Å². The van der Waals surface area contributed by atoms with Crippen LogP contribution in [-0.4, -0.2) is 18.5 Å². The van der Waals surface area contributed by atoms with Crippen LogP contribution in [0.4, 0.5) is 0 Å². The lowest BCUT2D eigenvalue weighted by atomic mass is 10.2. The summed E-state index contributed by atoms with van der Waals surface area (Å²) in [5, 5.41) is 0. The molecule has 1 rings (SSSR count). The SMILES string of the molecule is NC(=O)CCOC(=O)c1ccccc1. The van der Waals surface area contributed by atoms with Gasteiger partial charge in [-0.25, -0.2) is 4.79 Å². The van der Waals surface area contributed by atoms with E-state index < -0.39 is 11.9 Å². The number of nitrogens with two attached hydrogens (primary N) is 1. The minimum absolute atomic E-state index is 0.0308. The van der Waals surface area contributed by atoms with E-state index in [1.165, 1.54) is 0 Å². The lowest BCUT2D eigenvalue weighted by molar-refractivity contribution is -0.118. The lowest BCUT2D eigenvalue weighted by Gasteiger charge is -2.02. The molecule has 0 aromatic heterocycles. The fraction of sp³-hybridized carbons (Fsp3) is 0.200. The molecule has 4 heteroatoms. The molecule has 0 saturated carbocycles. The smallest absolute Gasteiger partial charge is 0.338 e. The van der Waals surface area contributed by atoms with Crippen LogP contribution in [-0.2, 0) is 9.53 Å². The molecule has 0 saturated heterocycles. The number of carbonyl (C=O) groups excluding carboxylic acids is 2. The summed E-state index contributed by atoms with van der Waals surface area (Å²) in [6.45, 7) is 0.0308. The average Bonchev–Trinajstić information content (AvgIpc) is 2.18. The van der Waals surface area contributed by atoms with Crippen molar-refractivity contribution < 1.29 is 14.3 Å². The van der Waals surface area contributed by atoms with Crippen LogP contribution in [0.15, 0.2) is 30.3 Å². The first-order valence-electron chi connectivity index (χ1n) is 4.20. The number of hydrogen-bond donors (Lipinski definition) is 1. The van der Waals surface area contributed by atoms with Crippen LogP contribution >= 0.6 is 0 Å². The van der Waals surface area contributed by atoms with Gasteiger partial charge in [-0.3, -0.25) is 4.79 Å². The molecule has 0 atom stereocenters. The topological polar surface area (TPSA) is 69.4 Å². The van der Waals surface area contributed by atoms with Crippen molar-refractivity contribution >= 4 is 11.9 Å². The van der Waals surface area contributed by atoms with Crippen LogP contribution in [0.5, 0.6) is 0 Å². The lowest BCUT2D eigenvalue weighted by Crippen LogP contribution is -2.15. The zero-order valence-electron chi connectivity index (χ0n) is 7.60. The van der Waals surface area contributed by atoms with Crippen molar-refractivity contribution in [1.82, 2.24) is 0 Å². The molecule has 0 aliphatic carbocycles. The Morgan fingerprint density at radius 2 is 1.86 bits per heavy atom. The molecular weight excluding hydrogens is 182 g/mol. The number of amides is 1. The van der Waals surface area contributed by atoms with Crippen molar-refractivity contribution in [2.24, 2.45) is 5.73 Å². The molecule has 0 fully saturated rings. The number of primary amides is 1. The number of hydrogen-bond acceptors (Lipinski definition) is 3. The Labute approximate surface area is 81.7 Å². The maximum absolute atomic E-state index is 11.3. The average molecular weight is 193 g/mol. The van der Waals surface area contributed by atoms with E-state index in [1.54, 1.807) is 30.3 Å². The van der Waals surface area contributed by atoms with Gasteiger partial charge in [0.15, 0.2) is 0 Å². The second kappa shape index (κ2) is 5.01. The molecule has 0 radical (unpaired) electrons. The van der Waals surface area contributed by atoms with Crippen LogP contribution in [0.2, 0.25) is 0 Å². The normalized spacial score (nSPS) is 9.43. The van der Waals surface area contributed by atoms with Gasteiger partial charge in [-0.05, 0) is 12.1 Å². The Morgan fingerprint density at radius 3 is 2.43 bits per heavy atom. The van der Waals surface area contributed by atoms with Gasteiger partial charge in [0, 0.05) is 0 Å². The monoisotopic (exact) mass is 193 g/mol. The Morgan fingerprint density at radius 1 is 1.21 bits per heavy atom. The predicted molar refractivity (Wildman–Crippen MR) is 50.5 cm³/mol. The number of benzene rings is 1. The van der Waals surface area contributed by atoms with Crippen molar-refractivity contribution in [3.05, 3.63) is 35.9 Å². The highest BCUT2D eigenvalue weighted by Crippen LogP contribution is 2.00. The van der Waals surface area contributed by atoms with Crippen LogP contribution in [0.25, 0.3) is 0 Å². The summed E-state index contributed by atoms with van der Waals surface area (Å²) in [7, 11) is 0. The molecule has 0 aliphatic rings.